The van der Waals surface area contributed by atoms with E-state index in [9.17, 15) is 9.59 Å². The van der Waals surface area contributed by atoms with Crippen molar-refractivity contribution in [3.8, 4) is 18.1 Å². The van der Waals surface area contributed by atoms with Crippen LogP contribution in [0.2, 0.25) is 0 Å². The van der Waals surface area contributed by atoms with E-state index in [4.69, 9.17) is 15.9 Å². The third-order valence-electron chi connectivity index (χ3n) is 8.85. The summed E-state index contributed by atoms with van der Waals surface area (Å²) in [6, 6.07) is 14.2. The molecule has 0 radical (unpaired) electrons. The molecule has 3 aliphatic carbocycles. The molecule has 0 saturated heterocycles. The first kappa shape index (κ1) is 28.1. The summed E-state index contributed by atoms with van der Waals surface area (Å²) in [6.45, 7) is 8.40. The second-order valence-corrected chi connectivity index (χ2v) is 12.8. The van der Waals surface area contributed by atoms with Gasteiger partial charge in [-0.2, -0.15) is 0 Å². The molecule has 40 heavy (non-hydrogen) atoms. The number of fused-ring (bicyclic) bond motifs is 1. The van der Waals surface area contributed by atoms with Gasteiger partial charge in [-0.05, 0) is 99.1 Å². The molecule has 1 heterocycles. The maximum Gasteiger partial charge on any atom is 0.411 e. The fraction of sp³-hybridized carbons (Fsp3) is 0.529. The van der Waals surface area contributed by atoms with Crippen LogP contribution >= 0.6 is 0 Å². The molecule has 0 unspecified atom stereocenters. The Labute approximate surface area is 239 Å². The third kappa shape index (κ3) is 5.31. The molecule has 3 saturated carbocycles. The molecule has 6 nitrogen and oxygen atoms in total. The fourth-order valence-corrected chi connectivity index (χ4v) is 6.74. The van der Waals surface area contributed by atoms with Gasteiger partial charge in [0.1, 0.15) is 11.4 Å². The molecule has 6 heteroatoms. The fourth-order valence-electron chi connectivity index (χ4n) is 6.74. The number of hydrogen-bond acceptors (Lipinski definition) is 4. The number of benzene rings is 2. The molecule has 3 fully saturated rings. The summed E-state index contributed by atoms with van der Waals surface area (Å²) in [5.41, 5.74) is 3.72. The highest BCUT2D eigenvalue weighted by atomic mass is 16.6. The Morgan fingerprint density at radius 1 is 1.12 bits per heavy atom. The lowest BCUT2D eigenvalue weighted by atomic mass is 9.49. The van der Waals surface area contributed by atoms with Crippen molar-refractivity contribution in [2.45, 2.75) is 102 Å². The van der Waals surface area contributed by atoms with E-state index in [2.05, 4.69) is 49.2 Å². The number of amides is 2. The Morgan fingerprint density at radius 2 is 1.82 bits per heavy atom. The first-order chi connectivity index (χ1) is 19.1. The number of hydrogen-bond donors (Lipinski definition) is 0. The molecule has 2 atom stereocenters. The Kier molecular flexibility index (Phi) is 7.61. The largest absolute Gasteiger partial charge is 0.497 e. The van der Waals surface area contributed by atoms with Crippen LogP contribution < -0.4 is 4.74 Å². The van der Waals surface area contributed by atoms with Gasteiger partial charge in [-0.1, -0.05) is 50.1 Å². The highest BCUT2D eigenvalue weighted by molar-refractivity contribution is 5.94. The van der Waals surface area contributed by atoms with Crippen LogP contribution in [-0.4, -0.2) is 46.1 Å². The molecule has 2 aromatic carbocycles. The van der Waals surface area contributed by atoms with Gasteiger partial charge < -0.3 is 14.4 Å². The Morgan fingerprint density at radius 3 is 2.38 bits per heavy atom. The summed E-state index contributed by atoms with van der Waals surface area (Å²) >= 11 is 0. The number of methoxy groups -OCH3 is 1. The number of nitrogens with zero attached hydrogens (tertiary/aromatic N) is 2. The summed E-state index contributed by atoms with van der Waals surface area (Å²) in [6.07, 6.45) is 12.4. The quantitative estimate of drug-likeness (QED) is 0.351. The van der Waals surface area contributed by atoms with Crippen LogP contribution in [0.4, 0.5) is 4.79 Å². The first-order valence-electron chi connectivity index (χ1n) is 14.6. The van der Waals surface area contributed by atoms with Crippen LogP contribution in [0.1, 0.15) is 94.5 Å². The average molecular weight is 543 g/mol. The third-order valence-corrected chi connectivity index (χ3v) is 8.85. The molecule has 2 aromatic rings. The summed E-state index contributed by atoms with van der Waals surface area (Å²) in [4.78, 5) is 30.3. The van der Waals surface area contributed by atoms with Crippen LogP contribution in [0.5, 0.6) is 5.75 Å². The van der Waals surface area contributed by atoms with Crippen molar-refractivity contribution >= 4 is 12.0 Å². The minimum absolute atomic E-state index is 0.0136. The molecule has 0 N–H and O–H groups in total. The lowest BCUT2D eigenvalue weighted by Gasteiger charge is -2.65. The molecule has 4 aliphatic rings. The Balaban J connectivity index is 1.46. The second kappa shape index (κ2) is 10.8. The van der Waals surface area contributed by atoms with Crippen molar-refractivity contribution in [1.29, 1.82) is 0 Å². The van der Waals surface area contributed by atoms with Crippen LogP contribution in [0.25, 0.3) is 0 Å². The molecule has 1 aliphatic heterocycles. The van der Waals surface area contributed by atoms with Crippen LogP contribution in [0, 0.1) is 18.3 Å². The molecule has 2 bridgehead atoms. The predicted octanol–water partition coefficient (Wildman–Crippen LogP) is 6.65. The smallest absolute Gasteiger partial charge is 0.411 e. The van der Waals surface area contributed by atoms with E-state index in [0.717, 1.165) is 73.3 Å². The SMILES string of the molecule is C#CC(=O)N1[C@@H](CCCC)Cc2cc(OC)ccc2[C@@H]1c1ccc(CN(C(=O)OC(C)(C)C)C23CC(C2)C3)cc1. The minimum Gasteiger partial charge on any atom is -0.497 e. The molecule has 212 valence electrons. The summed E-state index contributed by atoms with van der Waals surface area (Å²) < 4.78 is 11.3. The maximum absolute atomic E-state index is 13.2. The monoisotopic (exact) mass is 542 g/mol. The molecule has 0 aromatic heterocycles. The average Bonchev–Trinajstić information content (AvgIpc) is 2.87. The number of unbranched alkanes of at least 4 members (excludes halogenated alkanes) is 1. The van der Waals surface area contributed by atoms with E-state index in [1.165, 1.54) is 5.56 Å². The van der Waals surface area contributed by atoms with Gasteiger partial charge in [0.05, 0.1) is 13.2 Å². The Hall–Kier alpha value is -3.46. The van der Waals surface area contributed by atoms with E-state index in [1.54, 1.807) is 7.11 Å². The van der Waals surface area contributed by atoms with E-state index in [1.807, 2.05) is 36.6 Å². The molecular weight excluding hydrogens is 500 g/mol. The zero-order valence-electron chi connectivity index (χ0n) is 24.5. The van der Waals surface area contributed by atoms with Crippen molar-refractivity contribution < 1.29 is 19.1 Å². The lowest BCUT2D eigenvalue weighted by Crippen LogP contribution is -2.69. The van der Waals surface area contributed by atoms with Crippen molar-refractivity contribution in [1.82, 2.24) is 9.80 Å². The topological polar surface area (TPSA) is 59.1 Å². The number of carbonyl (C=O) groups is 2. The highest BCUT2D eigenvalue weighted by Gasteiger charge is 2.61. The van der Waals surface area contributed by atoms with E-state index < -0.39 is 5.60 Å². The lowest BCUT2D eigenvalue weighted by molar-refractivity contribution is -0.141. The predicted molar refractivity (Wildman–Crippen MR) is 156 cm³/mol. The van der Waals surface area contributed by atoms with Crippen LogP contribution in [0.3, 0.4) is 0 Å². The van der Waals surface area contributed by atoms with Gasteiger partial charge in [-0.15, -0.1) is 6.42 Å². The molecular formula is C34H42N2O4. The van der Waals surface area contributed by atoms with Crippen molar-refractivity contribution in [3.05, 3.63) is 64.7 Å². The van der Waals surface area contributed by atoms with Crippen molar-refractivity contribution in [2.75, 3.05) is 7.11 Å². The number of ether oxygens (including phenoxy) is 2. The minimum atomic E-state index is -0.541. The zero-order chi connectivity index (χ0) is 28.7. The van der Waals surface area contributed by atoms with Gasteiger partial charge in [-0.25, -0.2) is 4.79 Å². The van der Waals surface area contributed by atoms with Crippen LogP contribution in [0.15, 0.2) is 42.5 Å². The van der Waals surface area contributed by atoms with Crippen molar-refractivity contribution in [2.24, 2.45) is 5.92 Å². The van der Waals surface area contributed by atoms with E-state index in [-0.39, 0.29) is 29.6 Å². The second-order valence-electron chi connectivity index (χ2n) is 12.8. The standard InChI is InChI=1S/C34H42N2O4/c1-7-9-10-27-17-26-18-28(39-6)15-16-29(26)31(36(27)30(37)8-2)25-13-11-23(12-14-25)22-35(32(38)40-33(3,4)5)34-19-24(20-34)21-34/h2,11-16,18,24,27,31H,7,9-10,17,19-22H2,1,3-6H3/t24?,27-,31-,34?/m0/s1. The van der Waals surface area contributed by atoms with Gasteiger partial charge in [0, 0.05) is 18.1 Å². The number of carbonyl (C=O) groups excluding carboxylic acids is 2. The highest BCUT2D eigenvalue weighted by Crippen LogP contribution is 2.61. The Bertz CT molecular complexity index is 1290. The van der Waals surface area contributed by atoms with E-state index >= 15 is 0 Å². The zero-order valence-corrected chi connectivity index (χ0v) is 24.5. The van der Waals surface area contributed by atoms with Gasteiger partial charge in [0.2, 0.25) is 0 Å². The van der Waals surface area contributed by atoms with Gasteiger partial charge in [0.25, 0.3) is 5.91 Å². The molecule has 2 amide bonds. The normalized spacial score (nSPS) is 24.6. The van der Waals surface area contributed by atoms with Crippen molar-refractivity contribution in [3.63, 3.8) is 0 Å². The van der Waals surface area contributed by atoms with E-state index in [0.29, 0.717) is 6.54 Å². The van der Waals surface area contributed by atoms with Gasteiger partial charge >= 0.3 is 6.09 Å². The summed E-state index contributed by atoms with van der Waals surface area (Å²) in [7, 11) is 1.68. The van der Waals surface area contributed by atoms with Gasteiger partial charge in [-0.3, -0.25) is 9.69 Å². The van der Waals surface area contributed by atoms with Crippen LogP contribution in [-0.2, 0) is 22.5 Å². The first-order valence-corrected chi connectivity index (χ1v) is 14.6. The number of terminal acetylenes is 1. The summed E-state index contributed by atoms with van der Waals surface area (Å²) in [5.74, 6) is 3.68. The molecule has 0 spiro atoms. The van der Waals surface area contributed by atoms with Gasteiger partial charge in [0.15, 0.2) is 0 Å². The maximum atomic E-state index is 13.2. The molecule has 6 rings (SSSR count). The summed E-state index contributed by atoms with van der Waals surface area (Å²) in [5, 5.41) is 0. The number of rotatable bonds is 8.